The van der Waals surface area contributed by atoms with E-state index in [1.165, 1.54) is 4.90 Å². The Morgan fingerprint density at radius 2 is 1.95 bits per heavy atom. The van der Waals surface area contributed by atoms with Gasteiger partial charge in [0.2, 0.25) is 11.8 Å². The molecule has 8 nitrogen and oxygen atoms in total. The van der Waals surface area contributed by atoms with Crippen molar-refractivity contribution in [1.82, 2.24) is 15.2 Å². The summed E-state index contributed by atoms with van der Waals surface area (Å²) in [7, 11) is 0. The molecule has 2 aromatic rings. The number of ether oxygens (including phenoxy) is 1. The summed E-state index contributed by atoms with van der Waals surface area (Å²) in [5.74, 6) is -3.10. The van der Waals surface area contributed by atoms with Crippen LogP contribution < -0.4 is 15.8 Å². The average molecular weight is 562 g/mol. The summed E-state index contributed by atoms with van der Waals surface area (Å²) in [6.07, 6.45) is -1.00. The molecule has 40 heavy (non-hydrogen) atoms. The van der Waals surface area contributed by atoms with Gasteiger partial charge in [-0.1, -0.05) is 6.07 Å². The van der Waals surface area contributed by atoms with E-state index in [2.05, 4.69) is 15.3 Å². The van der Waals surface area contributed by atoms with Crippen molar-refractivity contribution in [1.29, 1.82) is 0 Å². The molecule has 3 heterocycles. The number of nitrogens with one attached hydrogen (secondary N) is 1. The van der Waals surface area contributed by atoms with E-state index >= 15 is 0 Å². The largest absolute Gasteiger partial charge is 0.487 e. The van der Waals surface area contributed by atoms with Crippen LogP contribution in [0.2, 0.25) is 0 Å². The standard InChI is InChI=1S/C28H31F4N5O3/c1-26(2)12-20(38)37(25(33)36-26)22(14-6-5-9-34-13-14)15-10-16(15)24(39)35-19-11-27(3,4)40-23-17(28(30,31)32)7-8-18(29)21(19)23/h5-9,13,15-16,19,22H,10-12H2,1-4H3,(H2,33,36)(H,35,39)/t15-,16-,19?,22+/m1/s1. The lowest BCUT2D eigenvalue weighted by atomic mass is 9.87. The summed E-state index contributed by atoms with van der Waals surface area (Å²) in [6.45, 7) is 6.78. The van der Waals surface area contributed by atoms with Crippen molar-refractivity contribution in [2.24, 2.45) is 22.6 Å². The van der Waals surface area contributed by atoms with Gasteiger partial charge in [-0.3, -0.25) is 19.5 Å². The molecule has 1 unspecified atom stereocenters. The van der Waals surface area contributed by atoms with Gasteiger partial charge in [-0.05, 0) is 63.8 Å². The maximum atomic E-state index is 14.9. The number of guanidine groups is 1. The first-order chi connectivity index (χ1) is 18.6. The third-order valence-electron chi connectivity index (χ3n) is 7.59. The van der Waals surface area contributed by atoms with Gasteiger partial charge in [0.05, 0.1) is 35.2 Å². The normalized spacial score (nSPS) is 25.8. The van der Waals surface area contributed by atoms with E-state index < -0.39 is 58.4 Å². The Labute approximate surface area is 229 Å². The number of benzene rings is 1. The van der Waals surface area contributed by atoms with Crippen molar-refractivity contribution >= 4 is 17.8 Å². The van der Waals surface area contributed by atoms with Crippen molar-refractivity contribution < 1.29 is 31.9 Å². The molecule has 0 radical (unpaired) electrons. The lowest BCUT2D eigenvalue weighted by Crippen LogP contribution is -2.52. The topological polar surface area (TPSA) is 110 Å². The maximum Gasteiger partial charge on any atom is 0.419 e. The Hall–Kier alpha value is -3.70. The molecule has 1 fully saturated rings. The van der Waals surface area contributed by atoms with Gasteiger partial charge in [0.15, 0.2) is 5.96 Å². The third-order valence-corrected chi connectivity index (χ3v) is 7.59. The predicted molar refractivity (Wildman–Crippen MR) is 137 cm³/mol. The number of halogens is 4. The van der Waals surface area contributed by atoms with E-state index in [0.717, 1.165) is 6.07 Å². The fourth-order valence-electron chi connectivity index (χ4n) is 5.83. The van der Waals surface area contributed by atoms with Gasteiger partial charge in [-0.25, -0.2) is 9.38 Å². The number of aromatic nitrogens is 1. The maximum absolute atomic E-state index is 14.9. The monoisotopic (exact) mass is 561 g/mol. The Kier molecular flexibility index (Phi) is 6.58. The smallest absolute Gasteiger partial charge is 0.419 e. The molecule has 214 valence electrons. The van der Waals surface area contributed by atoms with Gasteiger partial charge in [-0.2, -0.15) is 13.2 Å². The van der Waals surface area contributed by atoms with E-state index in [0.29, 0.717) is 18.1 Å². The average Bonchev–Trinajstić information content (AvgIpc) is 3.60. The minimum Gasteiger partial charge on any atom is -0.487 e. The molecule has 3 aliphatic rings. The summed E-state index contributed by atoms with van der Waals surface area (Å²) >= 11 is 0. The number of pyridine rings is 1. The number of carbonyl (C=O) groups is 2. The van der Waals surface area contributed by atoms with Gasteiger partial charge in [-0.15, -0.1) is 0 Å². The second kappa shape index (κ2) is 9.45. The number of nitrogens with zero attached hydrogens (tertiary/aromatic N) is 3. The van der Waals surface area contributed by atoms with Crippen molar-refractivity contribution in [2.45, 2.75) is 76.4 Å². The first-order valence-electron chi connectivity index (χ1n) is 13.0. The van der Waals surface area contributed by atoms with Crippen LogP contribution in [0.5, 0.6) is 5.75 Å². The first-order valence-corrected chi connectivity index (χ1v) is 13.0. The molecule has 12 heteroatoms. The number of amides is 2. The van der Waals surface area contributed by atoms with E-state index in [9.17, 15) is 27.2 Å². The van der Waals surface area contributed by atoms with Gasteiger partial charge in [0.1, 0.15) is 17.2 Å². The zero-order valence-corrected chi connectivity index (χ0v) is 22.6. The number of alkyl halides is 3. The number of rotatable bonds is 5. The molecule has 1 aromatic carbocycles. The SMILES string of the molecule is CC1(C)CC(=O)N([C@@H](c2cccnc2)[C@@H]2C[C@H]2C(=O)NC2CC(C)(C)Oc3c(C(F)(F)F)ccc(F)c32)C(N)=N1. The molecule has 1 saturated carbocycles. The van der Waals surface area contributed by atoms with Crippen molar-refractivity contribution in [2.75, 3.05) is 0 Å². The number of carbonyl (C=O) groups excluding carboxylic acids is 2. The number of aliphatic imine (C=N–C) groups is 1. The number of nitrogens with two attached hydrogens (primary N) is 1. The molecule has 3 N–H and O–H groups in total. The quantitative estimate of drug-likeness (QED) is 0.516. The summed E-state index contributed by atoms with van der Waals surface area (Å²) in [6, 6.07) is 3.22. The van der Waals surface area contributed by atoms with E-state index in [4.69, 9.17) is 10.5 Å². The molecule has 0 saturated heterocycles. The van der Waals surface area contributed by atoms with Crippen LogP contribution in [-0.4, -0.2) is 38.8 Å². The highest BCUT2D eigenvalue weighted by molar-refractivity contribution is 5.99. The van der Waals surface area contributed by atoms with E-state index in [1.807, 2.05) is 0 Å². The van der Waals surface area contributed by atoms with Crippen LogP contribution in [0.15, 0.2) is 41.7 Å². The Balaban J connectivity index is 1.44. The third kappa shape index (κ3) is 5.23. The molecule has 0 spiro atoms. The fraction of sp³-hybridized carbons (Fsp3) is 0.500. The molecule has 1 aromatic heterocycles. The lowest BCUT2D eigenvalue weighted by molar-refractivity contribution is -0.140. The lowest BCUT2D eigenvalue weighted by Gasteiger charge is -2.39. The molecular weight excluding hydrogens is 530 g/mol. The highest BCUT2D eigenvalue weighted by Crippen LogP contribution is 2.52. The van der Waals surface area contributed by atoms with Crippen LogP contribution in [0.25, 0.3) is 0 Å². The summed E-state index contributed by atoms with van der Waals surface area (Å²) < 4.78 is 61.7. The molecule has 1 aliphatic carbocycles. The Morgan fingerprint density at radius 1 is 1.23 bits per heavy atom. The van der Waals surface area contributed by atoms with Crippen LogP contribution in [0, 0.1) is 17.7 Å². The fourth-order valence-corrected chi connectivity index (χ4v) is 5.83. The summed E-state index contributed by atoms with van der Waals surface area (Å²) in [5, 5.41) is 2.78. The van der Waals surface area contributed by atoms with Crippen molar-refractivity contribution in [3.05, 3.63) is 59.2 Å². The summed E-state index contributed by atoms with van der Waals surface area (Å²) in [5.41, 5.74) is 3.74. The summed E-state index contributed by atoms with van der Waals surface area (Å²) in [4.78, 5) is 36.8. The highest BCUT2D eigenvalue weighted by atomic mass is 19.4. The number of fused-ring (bicyclic) bond motifs is 1. The molecule has 2 aliphatic heterocycles. The molecule has 2 amide bonds. The minimum atomic E-state index is -4.77. The van der Waals surface area contributed by atoms with E-state index in [-0.39, 0.29) is 36.2 Å². The molecule has 0 bridgehead atoms. The van der Waals surface area contributed by atoms with Gasteiger partial charge < -0.3 is 15.8 Å². The Morgan fingerprint density at radius 3 is 2.58 bits per heavy atom. The van der Waals surface area contributed by atoms with Crippen molar-refractivity contribution in [3.8, 4) is 5.75 Å². The zero-order valence-electron chi connectivity index (χ0n) is 22.6. The van der Waals surface area contributed by atoms with Gasteiger partial charge in [0, 0.05) is 24.7 Å². The number of hydrogen-bond acceptors (Lipinski definition) is 6. The molecule has 4 atom stereocenters. The second-order valence-corrected chi connectivity index (χ2v) is 11.9. The molecule has 5 rings (SSSR count). The van der Waals surface area contributed by atoms with Gasteiger partial charge >= 0.3 is 6.18 Å². The predicted octanol–water partition coefficient (Wildman–Crippen LogP) is 4.66. The van der Waals surface area contributed by atoms with Gasteiger partial charge in [0.25, 0.3) is 0 Å². The van der Waals surface area contributed by atoms with Crippen molar-refractivity contribution in [3.63, 3.8) is 0 Å². The highest BCUT2D eigenvalue weighted by Gasteiger charge is 2.54. The Bertz CT molecular complexity index is 1380. The van der Waals surface area contributed by atoms with Crippen LogP contribution in [0.1, 0.15) is 75.7 Å². The van der Waals surface area contributed by atoms with Crippen LogP contribution in [0.3, 0.4) is 0 Å². The number of hydrogen-bond donors (Lipinski definition) is 2. The van der Waals surface area contributed by atoms with Crippen LogP contribution in [-0.2, 0) is 15.8 Å². The van der Waals surface area contributed by atoms with E-state index in [1.54, 1.807) is 52.2 Å². The zero-order chi connectivity index (χ0) is 29.2. The molecular formula is C28H31F4N5O3. The minimum absolute atomic E-state index is 0.0445. The van der Waals surface area contributed by atoms with Crippen LogP contribution >= 0.6 is 0 Å². The second-order valence-electron chi connectivity index (χ2n) is 11.9. The first kappa shape index (κ1) is 27.9. The van der Waals surface area contributed by atoms with Crippen LogP contribution in [0.4, 0.5) is 17.6 Å².